The fourth-order valence-corrected chi connectivity index (χ4v) is 2.96. The van der Waals surface area contributed by atoms with Gasteiger partial charge in [-0.2, -0.15) is 0 Å². The number of hydroxylamine groups is 2. The average molecular weight is 300 g/mol. The van der Waals surface area contributed by atoms with Crippen molar-refractivity contribution >= 4 is 12.3 Å². The minimum absolute atomic E-state index is 0.0426. The van der Waals surface area contributed by atoms with Crippen LogP contribution >= 0.6 is 0 Å². The number of hydrogen-bond acceptors (Lipinski definition) is 4. The van der Waals surface area contributed by atoms with Crippen molar-refractivity contribution in [2.45, 2.75) is 45.4 Å². The first-order chi connectivity index (χ1) is 10.1. The molecule has 0 bridgehead atoms. The van der Waals surface area contributed by atoms with E-state index in [-0.39, 0.29) is 30.9 Å². The smallest absolute Gasteiger partial charge is 0.233 e. The van der Waals surface area contributed by atoms with E-state index in [9.17, 15) is 14.8 Å². The van der Waals surface area contributed by atoms with Gasteiger partial charge in [-0.25, -0.2) is 5.06 Å². The first-order valence-electron chi connectivity index (χ1n) is 7.94. The maximum atomic E-state index is 12.4. The molecule has 1 saturated heterocycles. The van der Waals surface area contributed by atoms with E-state index in [0.29, 0.717) is 18.0 Å². The third-order valence-electron chi connectivity index (χ3n) is 4.17. The van der Waals surface area contributed by atoms with Crippen molar-refractivity contribution in [1.82, 2.24) is 9.96 Å². The Balaban J connectivity index is 2.55. The van der Waals surface area contributed by atoms with Gasteiger partial charge in [-0.3, -0.25) is 14.8 Å². The van der Waals surface area contributed by atoms with Crippen LogP contribution in [0.1, 0.15) is 45.4 Å². The second kappa shape index (κ2) is 9.73. The highest BCUT2D eigenvalue weighted by Crippen LogP contribution is 2.29. The summed E-state index contributed by atoms with van der Waals surface area (Å²) in [5.41, 5.74) is 0. The molecule has 2 atom stereocenters. The molecular formula is C15H28N2O4. The van der Waals surface area contributed by atoms with Gasteiger partial charge in [0.15, 0.2) is 0 Å². The van der Waals surface area contributed by atoms with Crippen LogP contribution in [0.4, 0.5) is 0 Å². The molecule has 0 aromatic rings. The van der Waals surface area contributed by atoms with Crippen LogP contribution in [0.15, 0.2) is 0 Å². The zero-order valence-corrected chi connectivity index (χ0v) is 12.9. The van der Waals surface area contributed by atoms with Crippen LogP contribution < -0.4 is 0 Å². The number of rotatable bonds is 11. The summed E-state index contributed by atoms with van der Waals surface area (Å²) in [6.07, 6.45) is 5.99. The van der Waals surface area contributed by atoms with Gasteiger partial charge in [0.05, 0.1) is 12.5 Å². The summed E-state index contributed by atoms with van der Waals surface area (Å²) in [5.74, 6) is -0.0320. The van der Waals surface area contributed by atoms with Crippen molar-refractivity contribution in [2.75, 3.05) is 26.2 Å². The Morgan fingerprint density at radius 2 is 2.10 bits per heavy atom. The van der Waals surface area contributed by atoms with E-state index in [0.717, 1.165) is 45.1 Å². The maximum Gasteiger partial charge on any atom is 0.233 e. The molecule has 1 heterocycles. The number of carbonyl (C=O) groups is 2. The number of unbranched alkanes of at least 4 members (excludes halogenated alkanes) is 3. The first-order valence-corrected chi connectivity index (χ1v) is 7.94. The summed E-state index contributed by atoms with van der Waals surface area (Å²) in [6, 6.07) is 0. The Bertz CT molecular complexity index is 325. The Kier molecular flexibility index (Phi) is 8.30. The lowest BCUT2D eigenvalue weighted by Gasteiger charge is -2.19. The second-order valence-corrected chi connectivity index (χ2v) is 5.80. The second-order valence-electron chi connectivity index (χ2n) is 5.80. The highest BCUT2D eigenvalue weighted by atomic mass is 16.5. The normalized spacial score (nSPS) is 21.9. The van der Waals surface area contributed by atoms with Crippen molar-refractivity contribution in [3.05, 3.63) is 0 Å². The van der Waals surface area contributed by atoms with E-state index in [1.165, 1.54) is 0 Å². The van der Waals surface area contributed by atoms with Crippen LogP contribution in [0.2, 0.25) is 0 Å². The number of hydrogen-bond donors (Lipinski definition) is 2. The monoisotopic (exact) mass is 300 g/mol. The summed E-state index contributed by atoms with van der Waals surface area (Å²) in [7, 11) is 0. The minimum Gasteiger partial charge on any atom is -0.396 e. The number of nitrogens with zero attached hydrogens (tertiary/aromatic N) is 2. The summed E-state index contributed by atoms with van der Waals surface area (Å²) in [4.78, 5) is 24.8. The molecule has 2 unspecified atom stereocenters. The van der Waals surface area contributed by atoms with E-state index in [2.05, 4.69) is 6.92 Å². The van der Waals surface area contributed by atoms with Crippen LogP contribution in [-0.4, -0.2) is 58.8 Å². The van der Waals surface area contributed by atoms with E-state index >= 15 is 0 Å². The Morgan fingerprint density at radius 1 is 1.33 bits per heavy atom. The molecule has 0 aliphatic carbocycles. The Hall–Kier alpha value is -1.14. The van der Waals surface area contributed by atoms with Crippen LogP contribution in [0, 0.1) is 11.8 Å². The molecule has 0 spiro atoms. The molecule has 0 radical (unpaired) electrons. The molecule has 1 rings (SSSR count). The molecule has 1 aliphatic heterocycles. The molecule has 1 fully saturated rings. The number of likely N-dealkylation sites (tertiary alicyclic amines) is 1. The van der Waals surface area contributed by atoms with E-state index in [1.54, 1.807) is 0 Å². The molecule has 6 nitrogen and oxygen atoms in total. The van der Waals surface area contributed by atoms with Gasteiger partial charge in [-0.1, -0.05) is 19.8 Å². The maximum absolute atomic E-state index is 12.4. The molecule has 122 valence electrons. The zero-order valence-electron chi connectivity index (χ0n) is 12.9. The standard InChI is InChI=1S/C15H28N2O4/c1-2-3-7-13-10-16(8-5-4-6-9-18)15(20)14(13)11-17(21)12-19/h12-14,18,21H,2-11H2,1H3. The minimum atomic E-state index is -0.287. The summed E-state index contributed by atoms with van der Waals surface area (Å²) < 4.78 is 0. The van der Waals surface area contributed by atoms with Gasteiger partial charge >= 0.3 is 0 Å². The summed E-state index contributed by atoms with van der Waals surface area (Å²) in [6.45, 7) is 3.81. The third kappa shape index (κ3) is 5.63. The highest BCUT2D eigenvalue weighted by Gasteiger charge is 2.40. The highest BCUT2D eigenvalue weighted by molar-refractivity contribution is 5.81. The van der Waals surface area contributed by atoms with Crippen molar-refractivity contribution in [2.24, 2.45) is 11.8 Å². The van der Waals surface area contributed by atoms with Gasteiger partial charge in [0, 0.05) is 19.7 Å². The first kappa shape index (κ1) is 17.9. The molecule has 6 heteroatoms. The van der Waals surface area contributed by atoms with Crippen molar-refractivity contribution in [1.29, 1.82) is 0 Å². The molecule has 0 saturated carbocycles. The lowest BCUT2D eigenvalue weighted by Crippen LogP contribution is -2.34. The average Bonchev–Trinajstić information content (AvgIpc) is 2.78. The van der Waals surface area contributed by atoms with Crippen LogP contribution in [0.3, 0.4) is 0 Å². The summed E-state index contributed by atoms with van der Waals surface area (Å²) >= 11 is 0. The molecule has 0 aromatic carbocycles. The van der Waals surface area contributed by atoms with Crippen molar-refractivity contribution < 1.29 is 19.9 Å². The van der Waals surface area contributed by atoms with Crippen LogP contribution in [0.5, 0.6) is 0 Å². The van der Waals surface area contributed by atoms with Crippen LogP contribution in [0.25, 0.3) is 0 Å². The molecule has 21 heavy (non-hydrogen) atoms. The topological polar surface area (TPSA) is 81.1 Å². The number of amides is 2. The van der Waals surface area contributed by atoms with Gasteiger partial charge in [0.25, 0.3) is 0 Å². The summed E-state index contributed by atoms with van der Waals surface area (Å²) in [5, 5.41) is 18.7. The predicted octanol–water partition coefficient (Wildman–Crippen LogP) is 1.26. The predicted molar refractivity (Wildman–Crippen MR) is 78.6 cm³/mol. The molecule has 0 aromatic heterocycles. The number of aliphatic hydroxyl groups excluding tert-OH is 1. The largest absolute Gasteiger partial charge is 0.396 e. The van der Waals surface area contributed by atoms with Gasteiger partial charge < -0.3 is 10.0 Å². The lowest BCUT2D eigenvalue weighted by atomic mass is 9.90. The van der Waals surface area contributed by atoms with Crippen LogP contribution in [-0.2, 0) is 9.59 Å². The lowest BCUT2D eigenvalue weighted by molar-refractivity contribution is -0.155. The van der Waals surface area contributed by atoms with Gasteiger partial charge in [0.1, 0.15) is 0 Å². The van der Waals surface area contributed by atoms with Gasteiger partial charge in [-0.15, -0.1) is 0 Å². The fraction of sp³-hybridized carbons (Fsp3) is 0.867. The fourth-order valence-electron chi connectivity index (χ4n) is 2.96. The Labute approximate surface area is 126 Å². The molecule has 1 aliphatic rings. The van der Waals surface area contributed by atoms with E-state index in [1.807, 2.05) is 4.90 Å². The van der Waals surface area contributed by atoms with Crippen molar-refractivity contribution in [3.8, 4) is 0 Å². The number of carbonyl (C=O) groups excluding carboxylic acids is 2. The SMILES string of the molecule is CCCCC1CN(CCCCCO)C(=O)C1CN(O)C=O. The molecule has 2 N–H and O–H groups in total. The zero-order chi connectivity index (χ0) is 15.7. The van der Waals surface area contributed by atoms with E-state index < -0.39 is 0 Å². The van der Waals surface area contributed by atoms with Crippen molar-refractivity contribution in [3.63, 3.8) is 0 Å². The number of aliphatic hydroxyl groups is 1. The molecule has 2 amide bonds. The van der Waals surface area contributed by atoms with Gasteiger partial charge in [-0.05, 0) is 31.6 Å². The quantitative estimate of drug-likeness (QED) is 0.260. The third-order valence-corrected chi connectivity index (χ3v) is 4.17. The Morgan fingerprint density at radius 3 is 2.71 bits per heavy atom. The van der Waals surface area contributed by atoms with Gasteiger partial charge in [0.2, 0.25) is 12.3 Å². The molecular weight excluding hydrogens is 272 g/mol. The van der Waals surface area contributed by atoms with E-state index in [4.69, 9.17) is 5.11 Å².